The Hall–Kier alpha value is -3.40. The average Bonchev–Trinajstić information content (AvgIpc) is 3.10. The number of ether oxygens (including phenoxy) is 2. The van der Waals surface area contributed by atoms with Crippen molar-refractivity contribution in [3.8, 4) is 11.5 Å². The number of benzene rings is 1. The minimum atomic E-state index is -0.860. The van der Waals surface area contributed by atoms with E-state index in [1.807, 2.05) is 0 Å². The third-order valence-electron chi connectivity index (χ3n) is 4.02. The van der Waals surface area contributed by atoms with Crippen molar-refractivity contribution in [2.75, 3.05) is 17.1 Å². The number of nitrogens with zero attached hydrogens (tertiary/aromatic N) is 2. The lowest BCUT2D eigenvalue weighted by molar-refractivity contribution is -0.108. The summed E-state index contributed by atoms with van der Waals surface area (Å²) in [5.41, 5.74) is 5.72. The quantitative estimate of drug-likeness (QED) is 0.376. The van der Waals surface area contributed by atoms with Gasteiger partial charge in [-0.2, -0.15) is 0 Å². The van der Waals surface area contributed by atoms with Gasteiger partial charge in [0.15, 0.2) is 23.1 Å². The number of nitrogens with two attached hydrogens (primary N) is 2. The van der Waals surface area contributed by atoms with Gasteiger partial charge in [0.1, 0.15) is 12.1 Å². The number of fused-ring (bicyclic) bond motifs is 1. The van der Waals surface area contributed by atoms with Crippen molar-refractivity contribution in [3.63, 3.8) is 0 Å². The van der Waals surface area contributed by atoms with Gasteiger partial charge in [-0.05, 0) is 25.1 Å². The number of carbonyl (C=O) groups excluding carboxylic acids is 2. The van der Waals surface area contributed by atoms with Gasteiger partial charge in [0, 0.05) is 18.2 Å². The molecule has 1 atom stereocenters. The first-order chi connectivity index (χ1) is 12.9. The van der Waals surface area contributed by atoms with E-state index < -0.39 is 17.8 Å². The summed E-state index contributed by atoms with van der Waals surface area (Å²) in [6, 6.07) is 5.46. The third-order valence-corrected chi connectivity index (χ3v) is 4.02. The Morgan fingerprint density at radius 2 is 2.15 bits per heavy atom. The minimum absolute atomic E-state index is 0.0199. The lowest BCUT2D eigenvalue weighted by Crippen LogP contribution is -2.41. The first kappa shape index (κ1) is 18.4. The van der Waals surface area contributed by atoms with Crippen LogP contribution in [0.4, 0.5) is 21.7 Å². The summed E-state index contributed by atoms with van der Waals surface area (Å²) < 4.78 is 25.0. The number of carbonyl (C=O) groups is 2. The number of hydrogen-bond donors (Lipinski definition) is 3. The topological polar surface area (TPSA) is 133 Å². The molecule has 0 radical (unpaired) electrons. The van der Waals surface area contributed by atoms with Crippen LogP contribution in [0.25, 0.3) is 0 Å². The third kappa shape index (κ3) is 3.75. The molecule has 27 heavy (non-hydrogen) atoms. The summed E-state index contributed by atoms with van der Waals surface area (Å²) in [5, 5.41) is 3.94. The molecule has 5 N–H and O–H groups in total. The minimum Gasteiger partial charge on any atom is -0.454 e. The van der Waals surface area contributed by atoms with Gasteiger partial charge in [-0.3, -0.25) is 9.80 Å². The van der Waals surface area contributed by atoms with Crippen LogP contribution in [0.2, 0.25) is 0 Å². The Balaban J connectivity index is 1.98. The smallest absolute Gasteiger partial charge is 0.252 e. The molecule has 1 aromatic heterocycles. The van der Waals surface area contributed by atoms with Crippen LogP contribution in [0.5, 0.6) is 11.5 Å². The number of aldehydes is 1. The number of pyridine rings is 1. The Labute approximate surface area is 154 Å². The predicted molar refractivity (Wildman–Crippen MR) is 95.4 cm³/mol. The zero-order valence-electron chi connectivity index (χ0n) is 14.4. The van der Waals surface area contributed by atoms with Crippen molar-refractivity contribution in [1.82, 2.24) is 4.98 Å². The van der Waals surface area contributed by atoms with E-state index >= 15 is 0 Å². The molecular formula is C17H18FN5O4. The Morgan fingerprint density at radius 1 is 1.41 bits per heavy atom. The molecule has 0 fully saturated rings. The van der Waals surface area contributed by atoms with Gasteiger partial charge in [-0.25, -0.2) is 15.2 Å². The number of hydrogen-bond acceptors (Lipinski definition) is 8. The number of amides is 1. The molecule has 0 saturated carbocycles. The van der Waals surface area contributed by atoms with E-state index in [1.54, 1.807) is 25.1 Å². The first-order valence-electron chi connectivity index (χ1n) is 8.05. The average molecular weight is 375 g/mol. The Morgan fingerprint density at radius 3 is 2.85 bits per heavy atom. The number of primary amides is 1. The number of rotatable bonds is 7. The van der Waals surface area contributed by atoms with Gasteiger partial charge in [-0.15, -0.1) is 0 Å². The number of halogens is 1. The monoisotopic (exact) mass is 375 g/mol. The maximum Gasteiger partial charge on any atom is 0.252 e. The molecule has 1 aromatic carbocycles. The van der Waals surface area contributed by atoms with Crippen molar-refractivity contribution in [2.45, 2.75) is 19.4 Å². The highest BCUT2D eigenvalue weighted by Crippen LogP contribution is 2.35. The fraction of sp³-hybridized carbons (Fsp3) is 0.235. The molecule has 1 amide bonds. The van der Waals surface area contributed by atoms with Crippen LogP contribution in [0.15, 0.2) is 24.3 Å². The van der Waals surface area contributed by atoms with Crippen molar-refractivity contribution in [1.29, 1.82) is 0 Å². The lowest BCUT2D eigenvalue weighted by atomic mass is 10.2. The predicted octanol–water partition coefficient (Wildman–Crippen LogP) is 1.45. The van der Waals surface area contributed by atoms with E-state index in [1.165, 1.54) is 0 Å². The van der Waals surface area contributed by atoms with Crippen LogP contribution < -0.4 is 31.4 Å². The molecule has 9 nitrogen and oxygen atoms in total. The molecular weight excluding hydrogens is 357 g/mol. The summed E-state index contributed by atoms with van der Waals surface area (Å²) >= 11 is 0. The summed E-state index contributed by atoms with van der Waals surface area (Å²) in [6.07, 6.45) is 0.756. The molecule has 2 heterocycles. The van der Waals surface area contributed by atoms with E-state index in [0.717, 1.165) is 11.1 Å². The highest BCUT2D eigenvalue weighted by molar-refractivity contribution is 5.98. The van der Waals surface area contributed by atoms with Crippen LogP contribution in [0.1, 0.15) is 23.7 Å². The van der Waals surface area contributed by atoms with Gasteiger partial charge >= 0.3 is 0 Å². The highest BCUT2D eigenvalue weighted by atomic mass is 19.1. The van der Waals surface area contributed by atoms with Crippen molar-refractivity contribution >= 4 is 29.5 Å². The van der Waals surface area contributed by atoms with Crippen LogP contribution in [-0.2, 0) is 4.79 Å². The number of aromatic nitrogens is 1. The fourth-order valence-corrected chi connectivity index (χ4v) is 2.52. The summed E-state index contributed by atoms with van der Waals surface area (Å²) in [5.74, 6) is 5.08. The summed E-state index contributed by atoms with van der Waals surface area (Å²) in [4.78, 5) is 26.5. The Bertz CT molecular complexity index is 892. The summed E-state index contributed by atoms with van der Waals surface area (Å²) in [6.45, 7) is 1.75. The molecule has 10 heteroatoms. The van der Waals surface area contributed by atoms with E-state index in [4.69, 9.17) is 21.1 Å². The molecule has 1 aliphatic rings. The lowest BCUT2D eigenvalue weighted by Gasteiger charge is -2.25. The largest absolute Gasteiger partial charge is 0.454 e. The van der Waals surface area contributed by atoms with Crippen LogP contribution >= 0.6 is 0 Å². The normalized spacial score (nSPS) is 13.1. The first-order valence-corrected chi connectivity index (χ1v) is 8.05. The molecule has 3 rings (SSSR count). The fourth-order valence-electron chi connectivity index (χ4n) is 2.52. The molecule has 1 aliphatic heterocycles. The second kappa shape index (κ2) is 7.46. The van der Waals surface area contributed by atoms with Crippen LogP contribution in [-0.4, -0.2) is 30.0 Å². The van der Waals surface area contributed by atoms with Crippen molar-refractivity contribution in [2.24, 2.45) is 11.6 Å². The molecule has 0 saturated heterocycles. The van der Waals surface area contributed by atoms with Gasteiger partial charge in [0.05, 0.1) is 11.6 Å². The van der Waals surface area contributed by atoms with Gasteiger partial charge in [0.2, 0.25) is 6.79 Å². The standard InChI is InChI=1S/C17H18FN5O4/c1-9(4-5-24)23(20)17-12(18)7-11(15(19)25)16(22-17)21-10-2-3-13-14(6-10)27-8-26-13/h2-3,5-7,9H,4,8,20H2,1H3,(H2,19,25)(H,21,22)/t9-/m1/s1. The second-order valence-corrected chi connectivity index (χ2v) is 5.91. The van der Waals surface area contributed by atoms with Crippen LogP contribution in [0, 0.1) is 5.82 Å². The molecule has 0 spiro atoms. The zero-order chi connectivity index (χ0) is 19.6. The van der Waals surface area contributed by atoms with Gasteiger partial charge in [0.25, 0.3) is 5.91 Å². The number of hydrazine groups is 1. The van der Waals surface area contributed by atoms with E-state index in [9.17, 15) is 14.0 Å². The maximum absolute atomic E-state index is 14.4. The molecule has 0 unspecified atom stereocenters. The number of anilines is 3. The van der Waals surface area contributed by atoms with Gasteiger partial charge < -0.3 is 25.3 Å². The molecule has 142 valence electrons. The zero-order valence-corrected chi connectivity index (χ0v) is 14.4. The Kier molecular flexibility index (Phi) is 5.08. The highest BCUT2D eigenvalue weighted by Gasteiger charge is 2.22. The van der Waals surface area contributed by atoms with Crippen LogP contribution in [0.3, 0.4) is 0 Å². The summed E-state index contributed by atoms with van der Waals surface area (Å²) in [7, 11) is 0. The van der Waals surface area contributed by atoms with E-state index in [0.29, 0.717) is 23.5 Å². The second-order valence-electron chi connectivity index (χ2n) is 5.91. The van der Waals surface area contributed by atoms with Crippen molar-refractivity contribution in [3.05, 3.63) is 35.6 Å². The SMILES string of the molecule is C[C@H](CC=O)N(N)c1nc(Nc2ccc3c(c2)OCO3)c(C(N)=O)cc1F. The molecule has 0 aliphatic carbocycles. The molecule has 2 aromatic rings. The molecule has 0 bridgehead atoms. The van der Waals surface area contributed by atoms with E-state index in [2.05, 4.69) is 10.3 Å². The maximum atomic E-state index is 14.4. The number of nitrogens with one attached hydrogen (secondary N) is 1. The van der Waals surface area contributed by atoms with Gasteiger partial charge in [-0.1, -0.05) is 0 Å². The van der Waals surface area contributed by atoms with E-state index in [-0.39, 0.29) is 30.4 Å². The van der Waals surface area contributed by atoms with Crippen molar-refractivity contribution < 1.29 is 23.5 Å².